The number of furan rings is 1. The van der Waals surface area contributed by atoms with E-state index in [1.807, 2.05) is 31.2 Å². The quantitative estimate of drug-likeness (QED) is 0.817. The van der Waals surface area contributed by atoms with E-state index in [-0.39, 0.29) is 12.6 Å². The van der Waals surface area contributed by atoms with E-state index in [2.05, 4.69) is 0 Å². The smallest absolute Gasteiger partial charge is 0.261 e. The third kappa shape index (κ3) is 3.75. The van der Waals surface area contributed by atoms with Crippen molar-refractivity contribution in [3.63, 3.8) is 0 Å². The summed E-state index contributed by atoms with van der Waals surface area (Å²) in [6.45, 7) is 1.65. The highest BCUT2D eigenvalue weighted by atomic mass is 19.3. The van der Waals surface area contributed by atoms with Crippen LogP contribution in [0.15, 0.2) is 28.7 Å². The molecule has 1 aromatic heterocycles. The molecule has 1 aromatic carbocycles. The van der Waals surface area contributed by atoms with Crippen LogP contribution in [0.2, 0.25) is 0 Å². The normalized spacial score (nSPS) is 13.3. The van der Waals surface area contributed by atoms with Gasteiger partial charge in [-0.05, 0) is 31.5 Å². The number of nitrogens with two attached hydrogens (primary N) is 1. The Morgan fingerprint density at radius 2 is 2.11 bits per heavy atom. The van der Waals surface area contributed by atoms with Crippen LogP contribution in [-0.2, 0) is 4.74 Å². The van der Waals surface area contributed by atoms with Crippen molar-refractivity contribution in [2.24, 2.45) is 5.73 Å². The van der Waals surface area contributed by atoms with Gasteiger partial charge in [-0.15, -0.1) is 0 Å². The number of fused-ring (bicyclic) bond motifs is 1. The standard InChI is InChI=1S/C14H17F2NO2/c1-9-2-3-12-10(6-9)7-13(19-12)11(17)4-5-18-8-14(15)16/h2-3,6-7,11,14H,4-5,8,17H2,1H3. The molecule has 5 heteroatoms. The van der Waals surface area contributed by atoms with Crippen LogP contribution in [0, 0.1) is 6.92 Å². The molecule has 2 aromatic rings. The maximum Gasteiger partial charge on any atom is 0.261 e. The summed E-state index contributed by atoms with van der Waals surface area (Å²) in [4.78, 5) is 0. The van der Waals surface area contributed by atoms with Crippen molar-refractivity contribution in [2.75, 3.05) is 13.2 Å². The average molecular weight is 269 g/mol. The van der Waals surface area contributed by atoms with E-state index in [1.165, 1.54) is 0 Å². The summed E-state index contributed by atoms with van der Waals surface area (Å²) in [7, 11) is 0. The maximum atomic E-state index is 11.9. The maximum absolute atomic E-state index is 11.9. The molecule has 0 radical (unpaired) electrons. The molecule has 1 unspecified atom stereocenters. The lowest BCUT2D eigenvalue weighted by atomic mass is 10.1. The molecule has 0 amide bonds. The molecule has 0 aliphatic heterocycles. The summed E-state index contributed by atoms with van der Waals surface area (Å²) in [5.41, 5.74) is 7.88. The molecule has 1 heterocycles. The van der Waals surface area contributed by atoms with Gasteiger partial charge in [0.1, 0.15) is 18.0 Å². The zero-order valence-electron chi connectivity index (χ0n) is 10.7. The van der Waals surface area contributed by atoms with Crippen LogP contribution in [0.3, 0.4) is 0 Å². The Bertz CT molecular complexity index is 539. The summed E-state index contributed by atoms with van der Waals surface area (Å²) >= 11 is 0. The largest absolute Gasteiger partial charge is 0.459 e. The number of halogens is 2. The Morgan fingerprint density at radius 3 is 2.84 bits per heavy atom. The number of aryl methyl sites for hydroxylation is 1. The number of alkyl halides is 2. The molecule has 2 N–H and O–H groups in total. The molecule has 0 aliphatic carbocycles. The fourth-order valence-electron chi connectivity index (χ4n) is 1.89. The fourth-order valence-corrected chi connectivity index (χ4v) is 1.89. The topological polar surface area (TPSA) is 48.4 Å². The van der Waals surface area contributed by atoms with Crippen LogP contribution in [0.5, 0.6) is 0 Å². The molecule has 104 valence electrons. The summed E-state index contributed by atoms with van der Waals surface area (Å²) in [6.07, 6.45) is -1.99. The Kier molecular flexibility index (Phi) is 4.50. The van der Waals surface area contributed by atoms with Crippen molar-refractivity contribution in [3.8, 4) is 0 Å². The van der Waals surface area contributed by atoms with Gasteiger partial charge >= 0.3 is 0 Å². The predicted octanol–water partition coefficient (Wildman–Crippen LogP) is 3.41. The van der Waals surface area contributed by atoms with E-state index >= 15 is 0 Å². The van der Waals surface area contributed by atoms with Crippen molar-refractivity contribution in [2.45, 2.75) is 25.8 Å². The molecule has 0 aliphatic rings. The monoisotopic (exact) mass is 269 g/mol. The van der Waals surface area contributed by atoms with Gasteiger partial charge in [-0.25, -0.2) is 8.78 Å². The van der Waals surface area contributed by atoms with Gasteiger partial charge in [0, 0.05) is 12.0 Å². The van der Waals surface area contributed by atoms with Crippen molar-refractivity contribution < 1.29 is 17.9 Å². The SMILES string of the molecule is Cc1ccc2oc(C(N)CCOCC(F)F)cc2c1. The minimum Gasteiger partial charge on any atom is -0.459 e. The molecular weight excluding hydrogens is 252 g/mol. The van der Waals surface area contributed by atoms with E-state index in [4.69, 9.17) is 14.9 Å². The lowest BCUT2D eigenvalue weighted by Crippen LogP contribution is -2.14. The number of ether oxygens (including phenoxy) is 1. The molecule has 2 rings (SSSR count). The van der Waals surface area contributed by atoms with Crippen LogP contribution in [-0.4, -0.2) is 19.6 Å². The van der Waals surface area contributed by atoms with Gasteiger partial charge in [0.25, 0.3) is 6.43 Å². The Morgan fingerprint density at radius 1 is 1.32 bits per heavy atom. The van der Waals surface area contributed by atoms with Crippen LogP contribution < -0.4 is 5.73 Å². The molecule has 0 bridgehead atoms. The first-order valence-corrected chi connectivity index (χ1v) is 6.18. The van der Waals surface area contributed by atoms with Crippen molar-refractivity contribution in [1.29, 1.82) is 0 Å². The minimum atomic E-state index is -2.44. The Hall–Kier alpha value is -1.46. The second-order valence-electron chi connectivity index (χ2n) is 4.55. The summed E-state index contributed by atoms with van der Waals surface area (Å²) < 4.78 is 34.2. The Balaban J connectivity index is 1.95. The first-order chi connectivity index (χ1) is 9.06. The highest BCUT2D eigenvalue weighted by molar-refractivity contribution is 5.78. The van der Waals surface area contributed by atoms with Crippen molar-refractivity contribution in [3.05, 3.63) is 35.6 Å². The number of hydrogen-bond donors (Lipinski definition) is 1. The van der Waals surface area contributed by atoms with E-state index < -0.39 is 13.0 Å². The van der Waals surface area contributed by atoms with Gasteiger partial charge < -0.3 is 14.9 Å². The predicted molar refractivity (Wildman–Crippen MR) is 69.3 cm³/mol. The minimum absolute atomic E-state index is 0.196. The highest BCUT2D eigenvalue weighted by Crippen LogP contribution is 2.25. The molecule has 0 saturated heterocycles. The third-order valence-electron chi connectivity index (χ3n) is 2.87. The molecule has 0 saturated carbocycles. The van der Waals surface area contributed by atoms with Gasteiger partial charge in [-0.1, -0.05) is 11.6 Å². The van der Waals surface area contributed by atoms with Gasteiger partial charge in [0.2, 0.25) is 0 Å². The molecule has 19 heavy (non-hydrogen) atoms. The second-order valence-corrected chi connectivity index (χ2v) is 4.55. The van der Waals surface area contributed by atoms with Crippen LogP contribution in [0.4, 0.5) is 8.78 Å². The fraction of sp³-hybridized carbons (Fsp3) is 0.429. The van der Waals surface area contributed by atoms with Crippen LogP contribution >= 0.6 is 0 Å². The molecule has 0 fully saturated rings. The number of benzene rings is 1. The third-order valence-corrected chi connectivity index (χ3v) is 2.87. The summed E-state index contributed by atoms with van der Waals surface area (Å²) in [6, 6.07) is 7.43. The van der Waals surface area contributed by atoms with Crippen LogP contribution in [0.25, 0.3) is 11.0 Å². The molecule has 3 nitrogen and oxygen atoms in total. The molecule has 1 atom stereocenters. The molecular formula is C14H17F2NO2. The number of rotatable bonds is 6. The lowest BCUT2D eigenvalue weighted by molar-refractivity contribution is 0.0148. The average Bonchev–Trinajstić information content (AvgIpc) is 2.77. The first kappa shape index (κ1) is 14.0. The van der Waals surface area contributed by atoms with E-state index in [0.29, 0.717) is 12.2 Å². The van der Waals surface area contributed by atoms with E-state index in [9.17, 15) is 8.78 Å². The molecule has 0 spiro atoms. The van der Waals surface area contributed by atoms with Crippen molar-refractivity contribution in [1.82, 2.24) is 0 Å². The van der Waals surface area contributed by atoms with E-state index in [1.54, 1.807) is 0 Å². The van der Waals surface area contributed by atoms with Gasteiger partial charge in [-0.3, -0.25) is 0 Å². The lowest BCUT2D eigenvalue weighted by Gasteiger charge is -2.08. The zero-order valence-corrected chi connectivity index (χ0v) is 10.7. The summed E-state index contributed by atoms with van der Waals surface area (Å²) in [5.74, 6) is 0.654. The van der Waals surface area contributed by atoms with E-state index in [0.717, 1.165) is 16.5 Å². The Labute approximate surface area is 110 Å². The zero-order chi connectivity index (χ0) is 13.8. The summed E-state index contributed by atoms with van der Waals surface area (Å²) in [5, 5.41) is 0.999. The van der Waals surface area contributed by atoms with Crippen LogP contribution in [0.1, 0.15) is 23.8 Å². The number of hydrogen-bond acceptors (Lipinski definition) is 3. The highest BCUT2D eigenvalue weighted by Gasteiger charge is 2.12. The first-order valence-electron chi connectivity index (χ1n) is 6.18. The van der Waals surface area contributed by atoms with Gasteiger partial charge in [0.15, 0.2) is 0 Å². The second kappa shape index (κ2) is 6.12. The van der Waals surface area contributed by atoms with Gasteiger partial charge in [0.05, 0.1) is 6.04 Å². The van der Waals surface area contributed by atoms with Crippen molar-refractivity contribution >= 4 is 11.0 Å². The van der Waals surface area contributed by atoms with Gasteiger partial charge in [-0.2, -0.15) is 0 Å².